The maximum Gasteiger partial charge on any atom is 0.250 e. The van der Waals surface area contributed by atoms with Crippen molar-refractivity contribution in [1.82, 2.24) is 0 Å². The normalized spacial score (nSPS) is 9.95. The van der Waals surface area contributed by atoms with E-state index in [0.29, 0.717) is 16.9 Å². The van der Waals surface area contributed by atoms with Crippen molar-refractivity contribution in [2.75, 3.05) is 17.2 Å². The maximum absolute atomic E-state index is 11.9. The molecule has 0 unspecified atom stereocenters. The highest BCUT2D eigenvalue weighted by Crippen LogP contribution is 2.16. The Morgan fingerprint density at radius 1 is 1.10 bits per heavy atom. The lowest BCUT2D eigenvalue weighted by atomic mass is 10.1. The monoisotopic (exact) mass is 347 g/mol. The molecule has 6 heteroatoms. The topological polar surface area (TPSA) is 84.2 Å². The van der Waals surface area contributed by atoms with Crippen LogP contribution in [0.25, 0.3) is 0 Å². The number of benzene rings is 2. The third-order valence-electron chi connectivity index (χ3n) is 2.74. The Kier molecular flexibility index (Phi) is 4.94. The summed E-state index contributed by atoms with van der Waals surface area (Å²) < 4.78 is 0.882. The predicted octanol–water partition coefficient (Wildman–Crippen LogP) is 2.60. The molecule has 0 spiro atoms. The molecule has 0 bridgehead atoms. The molecule has 0 fully saturated rings. The van der Waals surface area contributed by atoms with E-state index >= 15 is 0 Å². The quantitative estimate of drug-likeness (QED) is 0.777. The van der Waals surface area contributed by atoms with Gasteiger partial charge in [0.2, 0.25) is 5.91 Å². The first-order valence-corrected chi connectivity index (χ1v) is 7.03. The number of amides is 2. The minimum Gasteiger partial charge on any atom is -0.376 e. The van der Waals surface area contributed by atoms with Gasteiger partial charge in [0.25, 0.3) is 5.91 Å². The third kappa shape index (κ3) is 4.32. The van der Waals surface area contributed by atoms with Crippen molar-refractivity contribution < 1.29 is 9.59 Å². The van der Waals surface area contributed by atoms with Crippen molar-refractivity contribution in [3.05, 3.63) is 58.6 Å². The van der Waals surface area contributed by atoms with Crippen LogP contribution in [-0.2, 0) is 4.79 Å². The van der Waals surface area contributed by atoms with E-state index in [1.54, 1.807) is 36.4 Å². The minimum absolute atomic E-state index is 0.0385. The van der Waals surface area contributed by atoms with E-state index in [1.807, 2.05) is 12.1 Å². The van der Waals surface area contributed by atoms with E-state index in [-0.39, 0.29) is 12.5 Å². The fraction of sp³-hybridized carbons (Fsp3) is 0.0667. The summed E-state index contributed by atoms with van der Waals surface area (Å²) in [5, 5.41) is 5.66. The molecule has 4 N–H and O–H groups in total. The average Bonchev–Trinajstić information content (AvgIpc) is 2.45. The molecule has 0 saturated carbocycles. The SMILES string of the molecule is NC(=O)c1ccccc1NCC(=O)Nc1cccc(Br)c1. The predicted molar refractivity (Wildman–Crippen MR) is 86.2 cm³/mol. The zero-order chi connectivity index (χ0) is 15.2. The minimum atomic E-state index is -0.537. The van der Waals surface area contributed by atoms with E-state index in [4.69, 9.17) is 5.73 Å². The Hall–Kier alpha value is -2.34. The molecule has 0 heterocycles. The maximum atomic E-state index is 11.9. The van der Waals surface area contributed by atoms with Crippen molar-refractivity contribution in [3.8, 4) is 0 Å². The number of nitrogens with two attached hydrogens (primary N) is 1. The Labute approximate surface area is 130 Å². The largest absolute Gasteiger partial charge is 0.376 e. The second-order valence-electron chi connectivity index (χ2n) is 4.32. The molecule has 0 aliphatic heterocycles. The molecule has 0 atom stereocenters. The van der Waals surface area contributed by atoms with Crippen LogP contribution in [0.3, 0.4) is 0 Å². The second-order valence-corrected chi connectivity index (χ2v) is 5.24. The summed E-state index contributed by atoms with van der Waals surface area (Å²) in [5.41, 5.74) is 6.86. The fourth-order valence-electron chi connectivity index (χ4n) is 1.80. The van der Waals surface area contributed by atoms with Gasteiger partial charge in [-0.15, -0.1) is 0 Å². The first kappa shape index (κ1) is 15.1. The Bertz CT molecular complexity index is 673. The molecule has 0 saturated heterocycles. The fourth-order valence-corrected chi connectivity index (χ4v) is 2.20. The molecule has 2 aromatic rings. The molecular weight excluding hydrogens is 334 g/mol. The molecule has 2 amide bonds. The first-order chi connectivity index (χ1) is 10.1. The van der Waals surface area contributed by atoms with Crippen LogP contribution in [0, 0.1) is 0 Å². The van der Waals surface area contributed by atoms with E-state index in [0.717, 1.165) is 4.47 Å². The van der Waals surface area contributed by atoms with Crippen molar-refractivity contribution in [2.45, 2.75) is 0 Å². The van der Waals surface area contributed by atoms with Gasteiger partial charge in [0.05, 0.1) is 12.1 Å². The van der Waals surface area contributed by atoms with Crippen LogP contribution in [0.15, 0.2) is 53.0 Å². The number of rotatable bonds is 5. The standard InChI is InChI=1S/C15H14BrN3O2/c16-10-4-3-5-11(8-10)19-14(20)9-18-13-7-2-1-6-12(13)15(17)21/h1-8,18H,9H2,(H2,17,21)(H,19,20). The van der Waals surface area contributed by atoms with Crippen LogP contribution in [0.1, 0.15) is 10.4 Å². The van der Waals surface area contributed by atoms with Gasteiger partial charge < -0.3 is 16.4 Å². The van der Waals surface area contributed by atoms with Gasteiger partial charge in [-0.25, -0.2) is 0 Å². The molecule has 5 nitrogen and oxygen atoms in total. The van der Waals surface area contributed by atoms with Gasteiger partial charge in [0, 0.05) is 15.8 Å². The summed E-state index contributed by atoms with van der Waals surface area (Å²) in [6, 6.07) is 14.1. The number of halogens is 1. The van der Waals surface area contributed by atoms with Crippen molar-refractivity contribution in [3.63, 3.8) is 0 Å². The first-order valence-electron chi connectivity index (χ1n) is 6.24. The molecule has 0 aliphatic rings. The summed E-state index contributed by atoms with van der Waals surface area (Å²) in [6.45, 7) is 0.0385. The van der Waals surface area contributed by atoms with Crippen molar-refractivity contribution in [1.29, 1.82) is 0 Å². The number of primary amides is 1. The lowest BCUT2D eigenvalue weighted by Gasteiger charge is -2.10. The number of nitrogens with one attached hydrogen (secondary N) is 2. The van der Waals surface area contributed by atoms with Gasteiger partial charge in [-0.3, -0.25) is 9.59 Å². The molecule has 21 heavy (non-hydrogen) atoms. The van der Waals surface area contributed by atoms with E-state index in [1.165, 1.54) is 0 Å². The zero-order valence-electron chi connectivity index (χ0n) is 11.1. The zero-order valence-corrected chi connectivity index (χ0v) is 12.7. The van der Waals surface area contributed by atoms with Crippen LogP contribution >= 0.6 is 15.9 Å². The number of hydrogen-bond acceptors (Lipinski definition) is 3. The number of para-hydroxylation sites is 1. The number of carbonyl (C=O) groups is 2. The Balaban J connectivity index is 1.97. The van der Waals surface area contributed by atoms with Gasteiger partial charge in [-0.05, 0) is 30.3 Å². The van der Waals surface area contributed by atoms with Gasteiger partial charge in [-0.2, -0.15) is 0 Å². The lowest BCUT2D eigenvalue weighted by molar-refractivity contribution is -0.114. The van der Waals surface area contributed by atoms with Crippen LogP contribution in [0.4, 0.5) is 11.4 Å². The van der Waals surface area contributed by atoms with Crippen LogP contribution in [0.5, 0.6) is 0 Å². The van der Waals surface area contributed by atoms with Gasteiger partial charge in [0.1, 0.15) is 0 Å². The highest BCUT2D eigenvalue weighted by molar-refractivity contribution is 9.10. The number of carbonyl (C=O) groups excluding carboxylic acids is 2. The van der Waals surface area contributed by atoms with Gasteiger partial charge in [-0.1, -0.05) is 34.1 Å². The molecule has 2 rings (SSSR count). The molecule has 0 aliphatic carbocycles. The molecule has 0 radical (unpaired) electrons. The van der Waals surface area contributed by atoms with Crippen LogP contribution in [0.2, 0.25) is 0 Å². The molecule has 108 valence electrons. The van der Waals surface area contributed by atoms with Crippen LogP contribution < -0.4 is 16.4 Å². The van der Waals surface area contributed by atoms with Crippen LogP contribution in [-0.4, -0.2) is 18.4 Å². The third-order valence-corrected chi connectivity index (χ3v) is 3.23. The molecular formula is C15H14BrN3O2. The molecule has 2 aromatic carbocycles. The summed E-state index contributed by atoms with van der Waals surface area (Å²) in [4.78, 5) is 23.1. The van der Waals surface area contributed by atoms with E-state index < -0.39 is 5.91 Å². The summed E-state index contributed by atoms with van der Waals surface area (Å²) in [5.74, 6) is -0.752. The number of hydrogen-bond donors (Lipinski definition) is 3. The Morgan fingerprint density at radius 3 is 2.57 bits per heavy atom. The van der Waals surface area contributed by atoms with E-state index in [9.17, 15) is 9.59 Å². The average molecular weight is 348 g/mol. The smallest absolute Gasteiger partial charge is 0.250 e. The van der Waals surface area contributed by atoms with Crippen molar-refractivity contribution in [2.24, 2.45) is 5.73 Å². The molecule has 0 aromatic heterocycles. The Morgan fingerprint density at radius 2 is 1.86 bits per heavy atom. The number of anilines is 2. The van der Waals surface area contributed by atoms with E-state index in [2.05, 4.69) is 26.6 Å². The second kappa shape index (κ2) is 6.90. The van der Waals surface area contributed by atoms with Gasteiger partial charge >= 0.3 is 0 Å². The van der Waals surface area contributed by atoms with Gasteiger partial charge in [0.15, 0.2) is 0 Å². The highest BCUT2D eigenvalue weighted by Gasteiger charge is 2.08. The highest BCUT2D eigenvalue weighted by atomic mass is 79.9. The summed E-state index contributed by atoms with van der Waals surface area (Å²) >= 11 is 3.33. The van der Waals surface area contributed by atoms with Crippen molar-refractivity contribution >= 4 is 39.1 Å². The lowest BCUT2D eigenvalue weighted by Crippen LogP contribution is -2.23. The summed E-state index contributed by atoms with van der Waals surface area (Å²) in [6.07, 6.45) is 0. The summed E-state index contributed by atoms with van der Waals surface area (Å²) in [7, 11) is 0.